The molecule has 1 atom stereocenters. The predicted octanol–water partition coefficient (Wildman–Crippen LogP) is 4.24. The second kappa shape index (κ2) is 7.45. The summed E-state index contributed by atoms with van der Waals surface area (Å²) in [6.45, 7) is 3.73. The van der Waals surface area contributed by atoms with E-state index in [0.717, 1.165) is 16.7 Å². The Hall–Kier alpha value is -2.79. The first kappa shape index (κ1) is 19.0. The van der Waals surface area contributed by atoms with Gasteiger partial charge in [0.2, 0.25) is 0 Å². The molecule has 0 aromatic heterocycles. The van der Waals surface area contributed by atoms with E-state index in [1.807, 2.05) is 49.4 Å². The van der Waals surface area contributed by atoms with Gasteiger partial charge in [-0.1, -0.05) is 41.9 Å². The molecule has 0 bridgehead atoms. The molecule has 0 aliphatic carbocycles. The van der Waals surface area contributed by atoms with Gasteiger partial charge >= 0.3 is 6.09 Å². The fourth-order valence-electron chi connectivity index (χ4n) is 3.04. The molecule has 2 amide bonds. The highest BCUT2D eigenvalue weighted by molar-refractivity contribution is 6.36. The maximum Gasteiger partial charge on any atom is 0.414 e. The summed E-state index contributed by atoms with van der Waals surface area (Å²) in [5.41, 5.74) is 3.85. The van der Waals surface area contributed by atoms with Crippen molar-refractivity contribution in [1.29, 1.82) is 0 Å². The van der Waals surface area contributed by atoms with Gasteiger partial charge in [-0.2, -0.15) is 0 Å². The molecule has 0 saturated carbocycles. The number of hydrogen-bond donors (Lipinski definition) is 1. The Kier molecular flexibility index (Phi) is 5.24. The summed E-state index contributed by atoms with van der Waals surface area (Å²) in [4.78, 5) is 25.9. The molecule has 2 aromatic rings. The van der Waals surface area contributed by atoms with Crippen LogP contribution in [0.5, 0.6) is 0 Å². The molecule has 27 heavy (non-hydrogen) atoms. The van der Waals surface area contributed by atoms with E-state index in [1.54, 1.807) is 21.0 Å². The van der Waals surface area contributed by atoms with Crippen LogP contribution in [-0.2, 0) is 9.53 Å². The Morgan fingerprint density at radius 1 is 1.15 bits per heavy atom. The predicted molar refractivity (Wildman–Crippen MR) is 106 cm³/mol. The molecule has 0 spiro atoms. The average Bonchev–Trinajstić information content (AvgIpc) is 2.90. The van der Waals surface area contributed by atoms with Crippen molar-refractivity contribution in [2.75, 3.05) is 14.1 Å². The fourth-order valence-corrected chi connectivity index (χ4v) is 3.30. The normalized spacial score (nSPS) is 16.3. The van der Waals surface area contributed by atoms with Crippen LogP contribution in [0.2, 0.25) is 5.02 Å². The lowest BCUT2D eigenvalue weighted by atomic mass is 9.95. The number of halogens is 1. The largest absolute Gasteiger partial charge is 0.414 e. The zero-order valence-corrected chi connectivity index (χ0v) is 16.4. The summed E-state index contributed by atoms with van der Waals surface area (Å²) in [7, 11) is 3.17. The highest BCUT2D eigenvalue weighted by atomic mass is 35.5. The van der Waals surface area contributed by atoms with Gasteiger partial charge in [0.1, 0.15) is 5.76 Å². The van der Waals surface area contributed by atoms with Crippen molar-refractivity contribution in [3.8, 4) is 11.1 Å². The summed E-state index contributed by atoms with van der Waals surface area (Å²) >= 11 is 6.54. The van der Waals surface area contributed by atoms with Crippen molar-refractivity contribution in [3.05, 3.63) is 64.4 Å². The van der Waals surface area contributed by atoms with Crippen molar-refractivity contribution in [2.45, 2.75) is 19.9 Å². The Morgan fingerprint density at radius 3 is 2.44 bits per heavy atom. The van der Waals surface area contributed by atoms with Gasteiger partial charge in [0.15, 0.2) is 0 Å². The Bertz CT molecular complexity index is 936. The lowest BCUT2D eigenvalue weighted by Gasteiger charge is -2.16. The second-order valence-electron chi connectivity index (χ2n) is 6.71. The van der Waals surface area contributed by atoms with E-state index in [4.69, 9.17) is 16.3 Å². The SMILES string of the molecule is Cc1cc(C2=C(OC(=O)N(C)C)C(C)NC2=O)c(Cl)cc1-c1ccccc1. The first-order valence-corrected chi connectivity index (χ1v) is 8.97. The number of nitrogens with zero attached hydrogens (tertiary/aromatic N) is 1. The number of benzene rings is 2. The molecule has 0 saturated heterocycles. The Labute approximate surface area is 163 Å². The van der Waals surface area contributed by atoms with Crippen LogP contribution in [0.3, 0.4) is 0 Å². The monoisotopic (exact) mass is 384 g/mol. The molecule has 6 heteroatoms. The van der Waals surface area contributed by atoms with Gasteiger partial charge in [-0.05, 0) is 42.7 Å². The van der Waals surface area contributed by atoms with E-state index < -0.39 is 12.1 Å². The van der Waals surface area contributed by atoms with Crippen LogP contribution in [0, 0.1) is 6.92 Å². The first-order valence-electron chi connectivity index (χ1n) is 8.59. The van der Waals surface area contributed by atoms with Gasteiger partial charge in [-0.15, -0.1) is 0 Å². The lowest BCUT2D eigenvalue weighted by Crippen LogP contribution is -2.29. The molecule has 1 aliphatic rings. The first-order chi connectivity index (χ1) is 12.8. The van der Waals surface area contributed by atoms with Crippen molar-refractivity contribution in [1.82, 2.24) is 10.2 Å². The third-order valence-electron chi connectivity index (χ3n) is 4.44. The molecule has 1 aliphatic heterocycles. The van der Waals surface area contributed by atoms with Gasteiger partial charge in [0.25, 0.3) is 5.91 Å². The number of carbonyl (C=O) groups is 2. The molecule has 1 unspecified atom stereocenters. The second-order valence-corrected chi connectivity index (χ2v) is 7.12. The van der Waals surface area contributed by atoms with Crippen LogP contribution in [0.15, 0.2) is 48.2 Å². The van der Waals surface area contributed by atoms with E-state index >= 15 is 0 Å². The fraction of sp³-hybridized carbons (Fsp3) is 0.238. The number of carbonyl (C=O) groups excluding carboxylic acids is 2. The molecule has 1 N–H and O–H groups in total. The van der Waals surface area contributed by atoms with Crippen molar-refractivity contribution in [3.63, 3.8) is 0 Å². The van der Waals surface area contributed by atoms with E-state index in [-0.39, 0.29) is 11.7 Å². The summed E-state index contributed by atoms with van der Waals surface area (Å²) < 4.78 is 5.46. The summed E-state index contributed by atoms with van der Waals surface area (Å²) in [5, 5.41) is 3.21. The highest BCUT2D eigenvalue weighted by Gasteiger charge is 2.34. The molecule has 0 fully saturated rings. The number of hydrogen-bond acceptors (Lipinski definition) is 3. The average molecular weight is 385 g/mol. The number of amides is 2. The molecule has 1 heterocycles. The minimum absolute atomic E-state index is 0.285. The molecule has 140 valence electrons. The van der Waals surface area contributed by atoms with Gasteiger partial charge in [-0.25, -0.2) is 4.79 Å². The van der Waals surface area contributed by atoms with Gasteiger partial charge in [0, 0.05) is 24.7 Å². The lowest BCUT2D eigenvalue weighted by molar-refractivity contribution is -0.115. The van der Waals surface area contributed by atoms with Crippen LogP contribution in [0.4, 0.5) is 4.79 Å². The van der Waals surface area contributed by atoms with Crippen LogP contribution >= 0.6 is 11.6 Å². The zero-order chi connectivity index (χ0) is 19.7. The smallest absolute Gasteiger partial charge is 0.412 e. The van der Waals surface area contributed by atoms with E-state index in [1.165, 1.54) is 4.90 Å². The van der Waals surface area contributed by atoms with Gasteiger partial charge in [0.05, 0.1) is 11.6 Å². The standard InChI is InChI=1S/C21H21ClN2O3/c1-12-10-16(17(22)11-15(12)14-8-6-5-7-9-14)18-19(13(2)23-20(18)25)27-21(26)24(3)4/h5-11,13H,1-4H3,(H,23,25). The number of nitrogens with one attached hydrogen (secondary N) is 1. The number of ether oxygens (including phenoxy) is 1. The minimum atomic E-state index is -0.542. The maximum atomic E-state index is 12.5. The third-order valence-corrected chi connectivity index (χ3v) is 4.76. The minimum Gasteiger partial charge on any atom is -0.412 e. The number of aryl methyl sites for hydroxylation is 1. The summed E-state index contributed by atoms with van der Waals surface area (Å²) in [5.74, 6) is -0.0229. The quantitative estimate of drug-likeness (QED) is 0.860. The van der Waals surface area contributed by atoms with E-state index in [9.17, 15) is 9.59 Å². The maximum absolute atomic E-state index is 12.5. The van der Waals surface area contributed by atoms with Crippen LogP contribution < -0.4 is 5.32 Å². The molecular formula is C21H21ClN2O3. The third kappa shape index (κ3) is 3.69. The molecule has 5 nitrogen and oxygen atoms in total. The number of rotatable bonds is 3. The van der Waals surface area contributed by atoms with Crippen molar-refractivity contribution < 1.29 is 14.3 Å². The van der Waals surface area contributed by atoms with Crippen molar-refractivity contribution >= 4 is 29.2 Å². The topological polar surface area (TPSA) is 58.6 Å². The van der Waals surface area contributed by atoms with E-state index in [0.29, 0.717) is 16.2 Å². The van der Waals surface area contributed by atoms with Crippen LogP contribution in [0.1, 0.15) is 18.1 Å². The molecule has 2 aromatic carbocycles. The van der Waals surface area contributed by atoms with E-state index in [2.05, 4.69) is 5.32 Å². The molecule has 3 rings (SSSR count). The van der Waals surface area contributed by atoms with Gasteiger partial charge < -0.3 is 15.0 Å². The Balaban J connectivity index is 2.11. The van der Waals surface area contributed by atoms with Gasteiger partial charge in [-0.3, -0.25) is 4.79 Å². The summed E-state index contributed by atoms with van der Waals surface area (Å²) in [6, 6.07) is 13.2. The molecular weight excluding hydrogens is 364 g/mol. The zero-order valence-electron chi connectivity index (χ0n) is 15.7. The van der Waals surface area contributed by atoms with Crippen molar-refractivity contribution in [2.24, 2.45) is 0 Å². The Morgan fingerprint density at radius 2 is 1.81 bits per heavy atom. The highest BCUT2D eigenvalue weighted by Crippen LogP contribution is 2.36. The molecule has 0 radical (unpaired) electrons. The summed E-state index contributed by atoms with van der Waals surface area (Å²) in [6.07, 6.45) is -0.542. The van der Waals surface area contributed by atoms with Crippen LogP contribution in [-0.4, -0.2) is 37.0 Å². The van der Waals surface area contributed by atoms with Crippen LogP contribution in [0.25, 0.3) is 16.7 Å².